The first-order valence-electron chi connectivity index (χ1n) is 6.79. The molecule has 0 aromatic heterocycles. The molecule has 3 N–H and O–H groups in total. The Hall–Kier alpha value is -2.60. The summed E-state index contributed by atoms with van der Waals surface area (Å²) in [7, 11) is 0. The number of hydrazone groups is 1. The summed E-state index contributed by atoms with van der Waals surface area (Å²) in [5.74, 6) is -0.726. The number of phenols is 1. The first kappa shape index (κ1) is 16.8. The highest BCUT2D eigenvalue weighted by molar-refractivity contribution is 6.30. The molecule has 1 unspecified atom stereocenters. The van der Waals surface area contributed by atoms with Crippen LogP contribution in [0.3, 0.4) is 0 Å². The first-order chi connectivity index (χ1) is 11.0. The molecule has 120 valence electrons. The number of carbonyl (C=O) groups excluding carboxylic acids is 1. The van der Waals surface area contributed by atoms with Gasteiger partial charge in [0.2, 0.25) is 0 Å². The zero-order valence-electron chi connectivity index (χ0n) is 12.3. The minimum Gasteiger partial charge on any atom is -0.507 e. The van der Waals surface area contributed by atoms with Crippen molar-refractivity contribution in [3.8, 4) is 5.75 Å². The van der Waals surface area contributed by atoms with Crippen LogP contribution in [0.2, 0.25) is 5.02 Å². The molecule has 0 saturated carbocycles. The van der Waals surface area contributed by atoms with Gasteiger partial charge in [0.1, 0.15) is 17.6 Å². The number of hydrogen-bond donors (Lipinski definition) is 3. The molecule has 5 nitrogen and oxygen atoms in total. The second-order valence-electron chi connectivity index (χ2n) is 4.81. The highest BCUT2D eigenvalue weighted by Gasteiger charge is 2.11. The Balaban J connectivity index is 1.92. The maximum absolute atomic E-state index is 12.8. The van der Waals surface area contributed by atoms with Gasteiger partial charge in [0, 0.05) is 16.3 Å². The third-order valence-corrected chi connectivity index (χ3v) is 3.22. The average molecular weight is 336 g/mol. The van der Waals surface area contributed by atoms with Gasteiger partial charge >= 0.3 is 0 Å². The van der Waals surface area contributed by atoms with Crippen LogP contribution in [0.1, 0.15) is 12.5 Å². The Kier molecular flexibility index (Phi) is 5.54. The molecule has 1 atom stereocenters. The van der Waals surface area contributed by atoms with E-state index in [0.29, 0.717) is 16.3 Å². The van der Waals surface area contributed by atoms with Gasteiger partial charge in [-0.3, -0.25) is 4.79 Å². The number of halogens is 2. The summed E-state index contributed by atoms with van der Waals surface area (Å²) >= 11 is 5.81. The van der Waals surface area contributed by atoms with Gasteiger partial charge in [-0.05, 0) is 49.4 Å². The van der Waals surface area contributed by atoms with E-state index in [1.165, 1.54) is 42.6 Å². The average Bonchev–Trinajstić information content (AvgIpc) is 2.52. The molecular formula is C16H15ClFN3O2. The van der Waals surface area contributed by atoms with Crippen molar-refractivity contribution in [1.29, 1.82) is 0 Å². The fraction of sp³-hybridized carbons (Fsp3) is 0.125. The lowest BCUT2D eigenvalue weighted by atomic mass is 10.2. The van der Waals surface area contributed by atoms with E-state index in [9.17, 15) is 14.3 Å². The van der Waals surface area contributed by atoms with Crippen LogP contribution in [-0.2, 0) is 4.79 Å². The molecule has 0 spiro atoms. The molecule has 0 aliphatic rings. The Morgan fingerprint density at radius 3 is 2.70 bits per heavy atom. The van der Waals surface area contributed by atoms with Crippen LogP contribution in [0.25, 0.3) is 0 Å². The second kappa shape index (κ2) is 7.60. The van der Waals surface area contributed by atoms with Crippen LogP contribution in [0, 0.1) is 5.82 Å². The van der Waals surface area contributed by atoms with Crippen LogP contribution in [0.15, 0.2) is 47.6 Å². The smallest absolute Gasteiger partial charge is 0.262 e. The van der Waals surface area contributed by atoms with Gasteiger partial charge in [-0.15, -0.1) is 0 Å². The quantitative estimate of drug-likeness (QED) is 0.580. The molecule has 2 aromatic rings. The van der Waals surface area contributed by atoms with Crippen molar-refractivity contribution in [2.75, 3.05) is 5.32 Å². The van der Waals surface area contributed by atoms with Crippen LogP contribution in [0.4, 0.5) is 10.1 Å². The first-order valence-corrected chi connectivity index (χ1v) is 7.17. The SMILES string of the molecule is CC(Nc1ccc(F)cc1)C(=O)N/N=C/c1cc(Cl)ccc1O. The van der Waals surface area contributed by atoms with Gasteiger partial charge in [0.15, 0.2) is 0 Å². The summed E-state index contributed by atoms with van der Waals surface area (Å²) in [5, 5.41) is 16.8. The van der Waals surface area contributed by atoms with Crippen molar-refractivity contribution in [3.05, 3.63) is 58.9 Å². The monoisotopic (exact) mass is 335 g/mol. The largest absolute Gasteiger partial charge is 0.507 e. The summed E-state index contributed by atoms with van der Waals surface area (Å²) in [5.41, 5.74) is 3.35. The number of aromatic hydroxyl groups is 1. The summed E-state index contributed by atoms with van der Waals surface area (Å²) in [4.78, 5) is 11.9. The number of amides is 1. The maximum atomic E-state index is 12.8. The van der Waals surface area contributed by atoms with E-state index >= 15 is 0 Å². The predicted octanol–water partition coefficient (Wildman–Crippen LogP) is 3.14. The number of nitrogens with one attached hydrogen (secondary N) is 2. The minimum atomic E-state index is -0.578. The highest BCUT2D eigenvalue weighted by atomic mass is 35.5. The fourth-order valence-electron chi connectivity index (χ4n) is 1.75. The van der Waals surface area contributed by atoms with Crippen LogP contribution in [0.5, 0.6) is 5.75 Å². The van der Waals surface area contributed by atoms with Gasteiger partial charge in [-0.2, -0.15) is 5.10 Å². The molecular weight excluding hydrogens is 321 g/mol. The minimum absolute atomic E-state index is 0.00452. The number of rotatable bonds is 5. The molecule has 0 radical (unpaired) electrons. The molecule has 2 rings (SSSR count). The Labute approximate surface area is 137 Å². The molecule has 7 heteroatoms. The van der Waals surface area contributed by atoms with E-state index in [-0.39, 0.29) is 17.5 Å². The summed E-state index contributed by atoms with van der Waals surface area (Å²) < 4.78 is 12.8. The summed E-state index contributed by atoms with van der Waals surface area (Å²) in [6, 6.07) is 9.59. The topological polar surface area (TPSA) is 73.7 Å². The van der Waals surface area contributed by atoms with Crippen molar-refractivity contribution in [3.63, 3.8) is 0 Å². The molecule has 0 aliphatic heterocycles. The highest BCUT2D eigenvalue weighted by Crippen LogP contribution is 2.19. The van der Waals surface area contributed by atoms with Crippen LogP contribution < -0.4 is 10.7 Å². The van der Waals surface area contributed by atoms with Gasteiger partial charge < -0.3 is 10.4 Å². The van der Waals surface area contributed by atoms with Crippen molar-refractivity contribution in [1.82, 2.24) is 5.43 Å². The number of hydrogen-bond acceptors (Lipinski definition) is 4. The summed E-state index contributed by atoms with van der Waals surface area (Å²) in [6.07, 6.45) is 1.30. The molecule has 1 amide bonds. The standard InChI is InChI=1S/C16H15ClFN3O2/c1-10(20-14-5-3-13(18)4-6-14)16(23)21-19-9-11-8-12(17)2-7-15(11)22/h2-10,20,22H,1H3,(H,21,23)/b19-9+. The fourth-order valence-corrected chi connectivity index (χ4v) is 1.93. The number of carbonyl (C=O) groups is 1. The van der Waals surface area contributed by atoms with Gasteiger partial charge in [0.05, 0.1) is 6.21 Å². The van der Waals surface area contributed by atoms with Gasteiger partial charge in [0.25, 0.3) is 5.91 Å². The normalized spacial score (nSPS) is 12.1. The van der Waals surface area contributed by atoms with E-state index in [0.717, 1.165) is 0 Å². The number of benzene rings is 2. The van der Waals surface area contributed by atoms with E-state index in [2.05, 4.69) is 15.8 Å². The third-order valence-electron chi connectivity index (χ3n) is 2.99. The number of phenolic OH excluding ortho intramolecular Hbond substituents is 1. The Bertz CT molecular complexity index is 720. The zero-order valence-corrected chi connectivity index (χ0v) is 13.0. The van der Waals surface area contributed by atoms with Crippen molar-refractivity contribution in [2.24, 2.45) is 5.10 Å². The van der Waals surface area contributed by atoms with E-state index in [1.54, 1.807) is 13.0 Å². The lowest BCUT2D eigenvalue weighted by Crippen LogP contribution is -2.34. The maximum Gasteiger partial charge on any atom is 0.262 e. The lowest BCUT2D eigenvalue weighted by molar-refractivity contribution is -0.121. The molecule has 0 aliphatic carbocycles. The summed E-state index contributed by atoms with van der Waals surface area (Å²) in [6.45, 7) is 1.64. The van der Waals surface area contributed by atoms with E-state index in [4.69, 9.17) is 11.6 Å². The zero-order chi connectivity index (χ0) is 16.8. The molecule has 0 bridgehead atoms. The van der Waals surface area contributed by atoms with Crippen molar-refractivity contribution in [2.45, 2.75) is 13.0 Å². The molecule has 2 aromatic carbocycles. The molecule has 23 heavy (non-hydrogen) atoms. The number of anilines is 1. The van der Waals surface area contributed by atoms with Crippen molar-refractivity contribution < 1.29 is 14.3 Å². The molecule has 0 heterocycles. The van der Waals surface area contributed by atoms with Gasteiger partial charge in [-0.25, -0.2) is 9.82 Å². The van der Waals surface area contributed by atoms with E-state index in [1.807, 2.05) is 0 Å². The van der Waals surface area contributed by atoms with Gasteiger partial charge in [-0.1, -0.05) is 11.6 Å². The Morgan fingerprint density at radius 2 is 2.00 bits per heavy atom. The van der Waals surface area contributed by atoms with Crippen molar-refractivity contribution >= 4 is 29.4 Å². The molecule has 0 saturated heterocycles. The third kappa shape index (κ3) is 4.96. The Morgan fingerprint density at radius 1 is 1.30 bits per heavy atom. The second-order valence-corrected chi connectivity index (χ2v) is 5.25. The number of nitrogens with zero attached hydrogens (tertiary/aromatic N) is 1. The lowest BCUT2D eigenvalue weighted by Gasteiger charge is -2.13. The van der Waals surface area contributed by atoms with E-state index < -0.39 is 6.04 Å². The van der Waals surface area contributed by atoms with Crippen LogP contribution in [-0.4, -0.2) is 23.3 Å². The molecule has 0 fully saturated rings. The van der Waals surface area contributed by atoms with Crippen LogP contribution >= 0.6 is 11.6 Å². The predicted molar refractivity (Wildman–Crippen MR) is 88.3 cm³/mol.